The summed E-state index contributed by atoms with van der Waals surface area (Å²) >= 11 is 3.42. The number of carbonyl (C=O) groups is 1. The van der Waals surface area contributed by atoms with Gasteiger partial charge in [-0.2, -0.15) is 15.4 Å². The Morgan fingerprint density at radius 1 is 1.71 bits per heavy atom. The van der Waals surface area contributed by atoms with Gasteiger partial charge in [-0.15, -0.1) is 0 Å². The lowest BCUT2D eigenvalue weighted by Gasteiger charge is -2.40. The van der Waals surface area contributed by atoms with Crippen LogP contribution in [0.2, 0.25) is 0 Å². The Morgan fingerprint density at radius 2 is 2.50 bits per heavy atom. The van der Waals surface area contributed by atoms with Crippen molar-refractivity contribution < 1.29 is 4.79 Å². The molecular weight excluding hydrogens is 248 g/mol. The van der Waals surface area contributed by atoms with E-state index < -0.39 is 0 Å². The van der Waals surface area contributed by atoms with E-state index in [2.05, 4.69) is 36.7 Å². The Hall–Kier alpha value is -0.910. The van der Waals surface area contributed by atoms with Gasteiger partial charge < -0.3 is 5.32 Å². The first-order chi connectivity index (χ1) is 6.76. The second kappa shape index (κ2) is 3.68. The molecule has 2 N–H and O–H groups in total. The minimum atomic E-state index is -0.155. The Kier molecular flexibility index (Phi) is 2.54. The van der Waals surface area contributed by atoms with Gasteiger partial charge in [0, 0.05) is 5.33 Å². The van der Waals surface area contributed by atoms with E-state index in [4.69, 9.17) is 0 Å². The van der Waals surface area contributed by atoms with Crippen molar-refractivity contribution in [1.82, 2.24) is 20.7 Å². The van der Waals surface area contributed by atoms with Crippen LogP contribution in [0.15, 0.2) is 6.20 Å². The molecule has 1 saturated carbocycles. The molecule has 1 aliphatic rings. The molecule has 1 amide bonds. The number of H-pyrrole nitrogens is 1. The first-order valence-corrected chi connectivity index (χ1v) is 5.62. The van der Waals surface area contributed by atoms with E-state index in [1.165, 1.54) is 12.6 Å². The summed E-state index contributed by atoms with van der Waals surface area (Å²) in [6, 6.07) is 0. The van der Waals surface area contributed by atoms with Gasteiger partial charge in [0.25, 0.3) is 5.91 Å². The summed E-state index contributed by atoms with van der Waals surface area (Å²) in [6.07, 6.45) is 4.66. The summed E-state index contributed by atoms with van der Waals surface area (Å²) in [5.74, 6) is -0.155. The molecule has 0 saturated heterocycles. The van der Waals surface area contributed by atoms with Crippen LogP contribution in [0.5, 0.6) is 0 Å². The van der Waals surface area contributed by atoms with Gasteiger partial charge in [-0.1, -0.05) is 15.9 Å². The van der Waals surface area contributed by atoms with E-state index in [9.17, 15) is 4.79 Å². The monoisotopic (exact) mass is 258 g/mol. The van der Waals surface area contributed by atoms with Crippen molar-refractivity contribution in [2.24, 2.45) is 0 Å². The Bertz CT molecular complexity index is 315. The number of rotatable bonds is 3. The molecule has 1 aromatic heterocycles. The van der Waals surface area contributed by atoms with Crippen molar-refractivity contribution >= 4 is 21.8 Å². The van der Waals surface area contributed by atoms with E-state index in [1.54, 1.807) is 0 Å². The van der Waals surface area contributed by atoms with E-state index >= 15 is 0 Å². The van der Waals surface area contributed by atoms with Crippen molar-refractivity contribution in [2.75, 3.05) is 5.33 Å². The number of hydrogen-bond acceptors (Lipinski definition) is 3. The highest BCUT2D eigenvalue weighted by molar-refractivity contribution is 9.09. The highest BCUT2D eigenvalue weighted by Gasteiger charge is 2.37. The molecule has 1 aliphatic carbocycles. The number of alkyl halides is 1. The van der Waals surface area contributed by atoms with Crippen LogP contribution in [0, 0.1) is 0 Å². The quantitative estimate of drug-likeness (QED) is 0.790. The molecule has 1 aromatic rings. The number of halogens is 1. The van der Waals surface area contributed by atoms with Crippen LogP contribution < -0.4 is 5.32 Å². The highest BCUT2D eigenvalue weighted by Crippen LogP contribution is 2.33. The van der Waals surface area contributed by atoms with Crippen LogP contribution >= 0.6 is 15.9 Å². The molecular formula is C8H11BrN4O. The standard InChI is InChI=1S/C8H11BrN4O/c9-5-8(2-1-3-8)11-7(14)6-4-10-13-12-6/h4H,1-3,5H2,(H,11,14)(H,10,12,13). The van der Waals surface area contributed by atoms with Gasteiger partial charge in [-0.05, 0) is 19.3 Å². The van der Waals surface area contributed by atoms with Gasteiger partial charge in [0.2, 0.25) is 0 Å². The molecule has 0 aromatic carbocycles. The number of aromatic nitrogens is 3. The first kappa shape index (κ1) is 9.64. The van der Waals surface area contributed by atoms with Crippen molar-refractivity contribution in [3.8, 4) is 0 Å². The van der Waals surface area contributed by atoms with Crippen LogP contribution in [-0.2, 0) is 0 Å². The van der Waals surface area contributed by atoms with Crippen molar-refractivity contribution in [2.45, 2.75) is 24.8 Å². The van der Waals surface area contributed by atoms with Gasteiger partial charge in [0.1, 0.15) is 0 Å². The number of amides is 1. The second-order valence-corrected chi connectivity index (χ2v) is 4.14. The summed E-state index contributed by atoms with van der Waals surface area (Å²) in [5.41, 5.74) is 0.285. The summed E-state index contributed by atoms with van der Waals surface area (Å²) < 4.78 is 0. The van der Waals surface area contributed by atoms with Crippen molar-refractivity contribution in [3.63, 3.8) is 0 Å². The Balaban J connectivity index is 2.01. The van der Waals surface area contributed by atoms with Gasteiger partial charge in [-0.25, -0.2) is 0 Å². The molecule has 0 radical (unpaired) electrons. The fourth-order valence-corrected chi connectivity index (χ4v) is 2.21. The van der Waals surface area contributed by atoms with Crippen LogP contribution in [0.3, 0.4) is 0 Å². The zero-order valence-electron chi connectivity index (χ0n) is 7.59. The molecule has 0 unspecified atom stereocenters. The zero-order valence-corrected chi connectivity index (χ0v) is 9.17. The normalized spacial score (nSPS) is 18.6. The lowest BCUT2D eigenvalue weighted by atomic mass is 9.78. The number of aromatic amines is 1. The molecule has 14 heavy (non-hydrogen) atoms. The lowest BCUT2D eigenvalue weighted by Crippen LogP contribution is -2.54. The predicted octanol–water partition coefficient (Wildman–Crippen LogP) is 0.852. The molecule has 1 heterocycles. The molecule has 6 heteroatoms. The number of carbonyl (C=O) groups excluding carboxylic acids is 1. The predicted molar refractivity (Wildman–Crippen MR) is 54.2 cm³/mol. The summed E-state index contributed by atoms with van der Waals surface area (Å²) in [4.78, 5) is 11.6. The van der Waals surface area contributed by atoms with E-state index in [0.29, 0.717) is 5.69 Å². The molecule has 2 rings (SSSR count). The lowest BCUT2D eigenvalue weighted by molar-refractivity contribution is 0.0851. The van der Waals surface area contributed by atoms with Crippen molar-refractivity contribution in [3.05, 3.63) is 11.9 Å². The molecule has 0 spiro atoms. The van der Waals surface area contributed by atoms with Gasteiger partial charge in [-0.3, -0.25) is 4.79 Å². The van der Waals surface area contributed by atoms with E-state index in [0.717, 1.165) is 18.2 Å². The van der Waals surface area contributed by atoms with Gasteiger partial charge >= 0.3 is 0 Å². The fraction of sp³-hybridized carbons (Fsp3) is 0.625. The highest BCUT2D eigenvalue weighted by atomic mass is 79.9. The van der Waals surface area contributed by atoms with Crippen LogP contribution in [0.25, 0.3) is 0 Å². The minimum absolute atomic E-state index is 0.0595. The smallest absolute Gasteiger partial charge is 0.273 e. The third-order valence-electron chi connectivity index (χ3n) is 2.59. The van der Waals surface area contributed by atoms with Gasteiger partial charge in [0.15, 0.2) is 5.69 Å². The van der Waals surface area contributed by atoms with E-state index in [1.807, 2.05) is 0 Å². The molecule has 0 atom stereocenters. The molecule has 5 nitrogen and oxygen atoms in total. The first-order valence-electron chi connectivity index (χ1n) is 4.50. The third kappa shape index (κ3) is 1.66. The van der Waals surface area contributed by atoms with Crippen LogP contribution in [0.4, 0.5) is 0 Å². The summed E-state index contributed by atoms with van der Waals surface area (Å²) in [5, 5.41) is 13.5. The Morgan fingerprint density at radius 3 is 2.93 bits per heavy atom. The molecule has 0 aliphatic heterocycles. The Labute approximate surface area is 89.8 Å². The fourth-order valence-electron chi connectivity index (χ4n) is 1.51. The maximum atomic E-state index is 11.6. The topological polar surface area (TPSA) is 70.7 Å². The SMILES string of the molecule is O=C(NC1(CBr)CCC1)c1cn[nH]n1. The van der Waals surface area contributed by atoms with Crippen LogP contribution in [0.1, 0.15) is 29.8 Å². The zero-order chi connectivity index (χ0) is 10.0. The minimum Gasteiger partial charge on any atom is -0.344 e. The largest absolute Gasteiger partial charge is 0.344 e. The summed E-state index contributed by atoms with van der Waals surface area (Å²) in [6.45, 7) is 0. The van der Waals surface area contributed by atoms with Crippen molar-refractivity contribution in [1.29, 1.82) is 0 Å². The number of hydrogen-bond donors (Lipinski definition) is 2. The second-order valence-electron chi connectivity index (χ2n) is 3.58. The van der Waals surface area contributed by atoms with E-state index in [-0.39, 0.29) is 11.4 Å². The average Bonchev–Trinajstić information content (AvgIpc) is 2.63. The number of nitrogens with zero attached hydrogens (tertiary/aromatic N) is 2. The average molecular weight is 259 g/mol. The molecule has 1 fully saturated rings. The number of nitrogens with one attached hydrogen (secondary N) is 2. The molecule has 0 bridgehead atoms. The maximum absolute atomic E-state index is 11.6. The van der Waals surface area contributed by atoms with Crippen LogP contribution in [-0.4, -0.2) is 32.2 Å². The summed E-state index contributed by atoms with van der Waals surface area (Å²) in [7, 11) is 0. The maximum Gasteiger partial charge on any atom is 0.273 e. The molecule has 76 valence electrons. The van der Waals surface area contributed by atoms with Gasteiger partial charge in [0.05, 0.1) is 11.7 Å². The third-order valence-corrected chi connectivity index (χ3v) is 3.67.